The van der Waals surface area contributed by atoms with Crippen LogP contribution in [0, 0.1) is 17.8 Å². The van der Waals surface area contributed by atoms with Crippen LogP contribution in [0.25, 0.3) is 0 Å². The van der Waals surface area contributed by atoms with Crippen molar-refractivity contribution < 1.29 is 14.7 Å². The second kappa shape index (κ2) is 5.15. The van der Waals surface area contributed by atoms with Gasteiger partial charge in [-0.1, -0.05) is 13.8 Å². The van der Waals surface area contributed by atoms with Crippen LogP contribution in [0.4, 0.5) is 0 Å². The Morgan fingerprint density at radius 2 is 2.21 bits per heavy atom. The molecule has 0 aliphatic heterocycles. The van der Waals surface area contributed by atoms with E-state index in [-0.39, 0.29) is 29.9 Å². The van der Waals surface area contributed by atoms with E-state index in [1.54, 1.807) is 0 Å². The first-order valence-corrected chi connectivity index (χ1v) is 6.75. The number of hydrogen-bond acceptors (Lipinski definition) is 4. The van der Waals surface area contributed by atoms with Crippen LogP contribution in [0.5, 0.6) is 0 Å². The Hall–Kier alpha value is -1.65. The molecule has 0 spiro atoms. The van der Waals surface area contributed by atoms with Crippen LogP contribution in [0.1, 0.15) is 33.1 Å². The lowest BCUT2D eigenvalue weighted by molar-refractivity contribution is -0.132. The van der Waals surface area contributed by atoms with E-state index in [1.807, 2.05) is 13.8 Å². The van der Waals surface area contributed by atoms with Gasteiger partial charge in [0, 0.05) is 17.2 Å². The van der Waals surface area contributed by atoms with E-state index in [1.165, 1.54) is 0 Å². The molecule has 5 heteroatoms. The Morgan fingerprint density at radius 1 is 1.53 bits per heavy atom. The molecule has 5 nitrogen and oxygen atoms in total. The topological polar surface area (TPSA) is 92.8 Å². The highest BCUT2D eigenvalue weighted by molar-refractivity contribution is 6.10. The Labute approximate surface area is 112 Å². The lowest BCUT2D eigenvalue weighted by Gasteiger charge is -2.08. The third kappa shape index (κ3) is 2.69. The number of Topliss-reactive ketones (excluding diaryl/α,β-unsaturated/α-hetero) is 1. The first kappa shape index (κ1) is 13.8. The van der Waals surface area contributed by atoms with Gasteiger partial charge >= 0.3 is 5.97 Å². The third-order valence-electron chi connectivity index (χ3n) is 4.17. The fraction of sp³-hybridized carbons (Fsp3) is 0.643. The Morgan fingerprint density at radius 3 is 2.79 bits per heavy atom. The van der Waals surface area contributed by atoms with Gasteiger partial charge in [0.2, 0.25) is 0 Å². The Bertz CT molecular complexity index is 479. The van der Waals surface area contributed by atoms with Gasteiger partial charge in [0.1, 0.15) is 5.70 Å². The maximum absolute atomic E-state index is 11.8. The van der Waals surface area contributed by atoms with Gasteiger partial charge in [-0.05, 0) is 31.1 Å². The Kier molecular flexibility index (Phi) is 3.73. The molecule has 0 radical (unpaired) electrons. The molecule has 0 amide bonds. The molecule has 2 aliphatic carbocycles. The van der Waals surface area contributed by atoms with Crippen LogP contribution < -0.4 is 5.73 Å². The third-order valence-corrected chi connectivity index (χ3v) is 4.17. The summed E-state index contributed by atoms with van der Waals surface area (Å²) in [5.41, 5.74) is 6.95. The van der Waals surface area contributed by atoms with E-state index in [0.29, 0.717) is 11.5 Å². The maximum atomic E-state index is 11.8. The minimum atomic E-state index is -1.09. The van der Waals surface area contributed by atoms with Crippen molar-refractivity contribution in [2.45, 2.75) is 33.1 Å². The zero-order valence-electron chi connectivity index (χ0n) is 11.3. The van der Waals surface area contributed by atoms with Gasteiger partial charge in [-0.25, -0.2) is 4.79 Å². The van der Waals surface area contributed by atoms with Gasteiger partial charge in [-0.2, -0.15) is 0 Å². The van der Waals surface area contributed by atoms with Gasteiger partial charge in [0.15, 0.2) is 5.78 Å². The fourth-order valence-electron chi connectivity index (χ4n) is 2.58. The fourth-order valence-corrected chi connectivity index (χ4v) is 2.58. The van der Waals surface area contributed by atoms with E-state index < -0.39 is 5.97 Å². The number of fused-ring (bicyclic) bond motifs is 1. The normalized spacial score (nSPS) is 30.9. The molecule has 2 aliphatic rings. The van der Waals surface area contributed by atoms with Crippen molar-refractivity contribution in [1.29, 1.82) is 0 Å². The molecule has 2 rings (SSSR count). The predicted octanol–water partition coefficient (Wildman–Crippen LogP) is 1.38. The second-order valence-corrected chi connectivity index (χ2v) is 5.48. The molecule has 19 heavy (non-hydrogen) atoms. The smallest absolute Gasteiger partial charge is 0.352 e. The summed E-state index contributed by atoms with van der Waals surface area (Å²) >= 11 is 0. The SMILES string of the molecule is CCC(C)C(=O)CN=C1CC2CC2/C1=C(/N)C(=O)O. The zero-order chi connectivity index (χ0) is 14.2. The first-order valence-electron chi connectivity index (χ1n) is 6.75. The summed E-state index contributed by atoms with van der Waals surface area (Å²) in [5, 5.41) is 9.00. The number of carboxylic acid groups (broad SMARTS) is 1. The number of rotatable bonds is 5. The van der Waals surface area contributed by atoms with Crippen molar-refractivity contribution in [3.8, 4) is 0 Å². The molecule has 0 bridgehead atoms. The van der Waals surface area contributed by atoms with Gasteiger partial charge in [-0.3, -0.25) is 9.79 Å². The minimum absolute atomic E-state index is 0.00420. The molecular formula is C14H20N2O3. The zero-order valence-corrected chi connectivity index (χ0v) is 11.3. The van der Waals surface area contributed by atoms with Crippen LogP contribution >= 0.6 is 0 Å². The van der Waals surface area contributed by atoms with Crippen molar-refractivity contribution in [3.63, 3.8) is 0 Å². The molecule has 104 valence electrons. The van der Waals surface area contributed by atoms with Gasteiger partial charge in [0.25, 0.3) is 0 Å². The van der Waals surface area contributed by atoms with Gasteiger partial charge < -0.3 is 10.8 Å². The molecule has 3 unspecified atom stereocenters. The summed E-state index contributed by atoms with van der Waals surface area (Å²) in [4.78, 5) is 27.1. The highest BCUT2D eigenvalue weighted by atomic mass is 16.4. The van der Waals surface area contributed by atoms with E-state index >= 15 is 0 Å². The van der Waals surface area contributed by atoms with Crippen LogP contribution in [0.15, 0.2) is 16.3 Å². The summed E-state index contributed by atoms with van der Waals surface area (Å²) < 4.78 is 0. The largest absolute Gasteiger partial charge is 0.477 e. The highest BCUT2D eigenvalue weighted by Gasteiger charge is 2.50. The molecule has 0 aromatic heterocycles. The molecule has 2 fully saturated rings. The van der Waals surface area contributed by atoms with Gasteiger partial charge in [0.05, 0.1) is 6.54 Å². The molecule has 2 saturated carbocycles. The molecular weight excluding hydrogens is 244 g/mol. The average Bonchev–Trinajstić information content (AvgIpc) is 3.05. The molecule has 3 atom stereocenters. The number of aliphatic carboxylic acids is 1. The van der Waals surface area contributed by atoms with E-state index in [9.17, 15) is 9.59 Å². The Balaban J connectivity index is 2.14. The van der Waals surface area contributed by atoms with Crippen LogP contribution in [0.3, 0.4) is 0 Å². The molecule has 0 heterocycles. The molecule has 0 saturated heterocycles. The van der Waals surface area contributed by atoms with Crippen molar-refractivity contribution in [2.24, 2.45) is 28.5 Å². The summed E-state index contributed by atoms with van der Waals surface area (Å²) in [6.45, 7) is 3.99. The predicted molar refractivity (Wildman–Crippen MR) is 71.8 cm³/mol. The average molecular weight is 264 g/mol. The minimum Gasteiger partial charge on any atom is -0.477 e. The summed E-state index contributed by atoms with van der Waals surface area (Å²) in [7, 11) is 0. The number of hydrogen-bond donors (Lipinski definition) is 2. The summed E-state index contributed by atoms with van der Waals surface area (Å²) in [6, 6.07) is 0. The van der Waals surface area contributed by atoms with E-state index in [0.717, 1.165) is 25.0 Å². The van der Waals surface area contributed by atoms with E-state index in [2.05, 4.69) is 4.99 Å². The van der Waals surface area contributed by atoms with Crippen molar-refractivity contribution in [3.05, 3.63) is 11.3 Å². The number of carbonyl (C=O) groups excluding carboxylic acids is 1. The molecule has 0 aromatic carbocycles. The van der Waals surface area contributed by atoms with Gasteiger partial charge in [-0.15, -0.1) is 0 Å². The quantitative estimate of drug-likeness (QED) is 0.734. The van der Waals surface area contributed by atoms with Crippen LogP contribution in [-0.4, -0.2) is 29.1 Å². The maximum Gasteiger partial charge on any atom is 0.352 e. The highest BCUT2D eigenvalue weighted by Crippen LogP contribution is 2.54. The second-order valence-electron chi connectivity index (χ2n) is 5.48. The summed E-state index contributed by atoms with van der Waals surface area (Å²) in [5.74, 6) is -0.240. The summed E-state index contributed by atoms with van der Waals surface area (Å²) in [6.07, 6.45) is 2.57. The number of ketones is 1. The number of allylic oxidation sites excluding steroid dienone is 1. The van der Waals surface area contributed by atoms with Crippen LogP contribution in [0.2, 0.25) is 0 Å². The number of aliphatic imine (C=N–C) groups is 1. The molecule has 0 aromatic rings. The number of carboxylic acids is 1. The lowest BCUT2D eigenvalue weighted by atomic mass is 10.0. The van der Waals surface area contributed by atoms with Crippen molar-refractivity contribution in [2.75, 3.05) is 6.54 Å². The molecule has 3 N–H and O–H groups in total. The lowest BCUT2D eigenvalue weighted by Crippen LogP contribution is -2.19. The monoisotopic (exact) mass is 264 g/mol. The first-order chi connectivity index (χ1) is 8.95. The number of carbonyl (C=O) groups is 2. The van der Waals surface area contributed by atoms with E-state index in [4.69, 9.17) is 10.8 Å². The van der Waals surface area contributed by atoms with Crippen molar-refractivity contribution in [1.82, 2.24) is 0 Å². The van der Waals surface area contributed by atoms with Crippen LogP contribution in [-0.2, 0) is 9.59 Å². The number of nitrogens with zero attached hydrogens (tertiary/aromatic N) is 1. The van der Waals surface area contributed by atoms with Crippen molar-refractivity contribution >= 4 is 17.5 Å². The standard InChI is InChI=1S/C14H20N2O3/c1-3-7(2)11(17)6-16-10-5-8-4-9(8)12(10)13(15)14(18)19/h7-9H,3-6,15H2,1-2H3,(H,18,19)/b13-12-,16-10?. The number of nitrogens with two attached hydrogens (primary N) is 1.